The molecule has 0 aliphatic carbocycles. The summed E-state index contributed by atoms with van der Waals surface area (Å²) in [6.45, 7) is 8.90. The third-order valence-corrected chi connectivity index (χ3v) is 6.17. The summed E-state index contributed by atoms with van der Waals surface area (Å²) in [5.41, 5.74) is -2.98. The van der Waals surface area contributed by atoms with Gasteiger partial charge in [-0.2, -0.15) is 0 Å². The first-order chi connectivity index (χ1) is 18.0. The molecule has 0 N–H and O–H groups in total. The van der Waals surface area contributed by atoms with E-state index in [1.807, 2.05) is 18.2 Å². The van der Waals surface area contributed by atoms with E-state index in [9.17, 15) is 29.4 Å². The Morgan fingerprint density at radius 1 is 0.846 bits per heavy atom. The number of carbonyl (C=O) groups is 4. The average Bonchev–Trinajstić information content (AvgIpc) is 2.83. The molecule has 1 amide bonds. The molecule has 0 heterocycles. The minimum absolute atomic E-state index is 0.0349. The van der Waals surface area contributed by atoms with Crippen LogP contribution in [0.3, 0.4) is 0 Å². The van der Waals surface area contributed by atoms with Gasteiger partial charge in [0.15, 0.2) is 22.9 Å². The first-order valence-corrected chi connectivity index (χ1v) is 12.3. The predicted octanol–water partition coefficient (Wildman–Crippen LogP) is 2.23. The summed E-state index contributed by atoms with van der Waals surface area (Å²) in [7, 11) is 1.40. The lowest BCUT2D eigenvalue weighted by Gasteiger charge is -2.53. The number of ketones is 1. The molecule has 0 aliphatic heterocycles. The van der Waals surface area contributed by atoms with E-state index in [0.29, 0.717) is 0 Å². The Bertz CT molecular complexity index is 1180. The van der Waals surface area contributed by atoms with Crippen molar-refractivity contribution in [2.75, 3.05) is 20.2 Å². The topological polar surface area (TPSA) is 145 Å². The van der Waals surface area contributed by atoms with Crippen LogP contribution in [0.2, 0.25) is 0 Å². The van der Waals surface area contributed by atoms with Gasteiger partial charge in [0.25, 0.3) is 0 Å². The lowest BCUT2D eigenvalue weighted by molar-refractivity contribution is -0.337. The van der Waals surface area contributed by atoms with Gasteiger partial charge in [0, 0.05) is 23.4 Å². The molecule has 10 nitrogen and oxygen atoms in total. The molecule has 39 heavy (non-hydrogen) atoms. The summed E-state index contributed by atoms with van der Waals surface area (Å²) >= 11 is 0. The van der Waals surface area contributed by atoms with E-state index in [2.05, 4.69) is 0 Å². The van der Waals surface area contributed by atoms with Crippen LogP contribution in [0.25, 0.3) is 0 Å². The summed E-state index contributed by atoms with van der Waals surface area (Å²) in [5.74, 6) is -3.78. The van der Waals surface area contributed by atoms with Crippen LogP contribution < -0.4 is 19.7 Å². The minimum atomic E-state index is -1.88. The molecular formula is C29H35NO9-2. The Kier molecular flexibility index (Phi) is 9.73. The number of nitrogens with zero attached hydrogens (tertiary/aromatic N) is 1. The molecule has 0 spiro atoms. The molecule has 2 aromatic rings. The van der Waals surface area contributed by atoms with Crippen molar-refractivity contribution in [3.8, 4) is 11.5 Å². The Labute approximate surface area is 228 Å². The van der Waals surface area contributed by atoms with Gasteiger partial charge in [-0.3, -0.25) is 4.79 Å². The van der Waals surface area contributed by atoms with Crippen molar-refractivity contribution in [3.63, 3.8) is 0 Å². The highest BCUT2D eigenvalue weighted by Gasteiger charge is 2.55. The number of rotatable bonds is 11. The fourth-order valence-electron chi connectivity index (χ4n) is 4.47. The molecule has 0 aromatic heterocycles. The van der Waals surface area contributed by atoms with Gasteiger partial charge in [-0.05, 0) is 23.8 Å². The van der Waals surface area contributed by atoms with Crippen molar-refractivity contribution >= 4 is 23.8 Å². The van der Waals surface area contributed by atoms with E-state index in [4.69, 9.17) is 14.2 Å². The van der Waals surface area contributed by atoms with E-state index in [1.54, 1.807) is 53.7 Å². The van der Waals surface area contributed by atoms with Crippen molar-refractivity contribution in [2.24, 2.45) is 10.8 Å². The van der Waals surface area contributed by atoms with Crippen LogP contribution in [0, 0.1) is 10.8 Å². The van der Waals surface area contributed by atoms with Gasteiger partial charge in [0.2, 0.25) is 0 Å². The SMILES string of the molecule is CN(CC(=O)c1ccc(OC(C(=O)[O-])(C(C)(C)C)C(C)(C)C)c(OCC(=O)[O-])c1)C(=O)OCc1ccccc1. The molecule has 0 unspecified atom stereocenters. The largest absolute Gasteiger partial charge is 0.546 e. The molecule has 212 valence electrons. The van der Waals surface area contributed by atoms with Gasteiger partial charge in [-0.15, -0.1) is 0 Å². The zero-order valence-electron chi connectivity index (χ0n) is 23.4. The molecule has 0 saturated carbocycles. The fourth-order valence-corrected chi connectivity index (χ4v) is 4.47. The van der Waals surface area contributed by atoms with Crippen LogP contribution in [-0.2, 0) is 20.9 Å². The first kappa shape index (κ1) is 31.1. The fraction of sp³-hybridized carbons (Fsp3) is 0.448. The summed E-state index contributed by atoms with van der Waals surface area (Å²) in [6.07, 6.45) is -0.713. The maximum Gasteiger partial charge on any atom is 0.410 e. The van der Waals surface area contributed by atoms with Crippen LogP contribution in [0.5, 0.6) is 11.5 Å². The Balaban J connectivity index is 2.33. The smallest absolute Gasteiger partial charge is 0.410 e. The van der Waals surface area contributed by atoms with Crippen molar-refractivity contribution < 1.29 is 43.6 Å². The molecule has 0 bridgehead atoms. The summed E-state index contributed by atoms with van der Waals surface area (Å²) in [6, 6.07) is 13.0. The third kappa shape index (κ3) is 7.49. The Morgan fingerprint density at radius 2 is 1.44 bits per heavy atom. The van der Waals surface area contributed by atoms with Gasteiger partial charge in [0.1, 0.15) is 13.2 Å². The molecular weight excluding hydrogens is 506 g/mol. The van der Waals surface area contributed by atoms with Gasteiger partial charge >= 0.3 is 6.09 Å². The zero-order valence-corrected chi connectivity index (χ0v) is 23.4. The number of carbonyl (C=O) groups excluding carboxylic acids is 4. The highest BCUT2D eigenvalue weighted by atomic mass is 16.6. The Hall–Kier alpha value is -4.08. The number of carboxylic acid groups (broad SMARTS) is 2. The minimum Gasteiger partial charge on any atom is -0.546 e. The summed E-state index contributed by atoms with van der Waals surface area (Å²) < 4.78 is 16.6. The van der Waals surface area contributed by atoms with Crippen LogP contribution in [0.1, 0.15) is 57.5 Å². The number of benzene rings is 2. The van der Waals surface area contributed by atoms with Gasteiger partial charge in [-0.25, -0.2) is 4.79 Å². The van der Waals surface area contributed by atoms with E-state index in [1.165, 1.54) is 25.2 Å². The van der Waals surface area contributed by atoms with E-state index >= 15 is 0 Å². The lowest BCUT2D eigenvalue weighted by atomic mass is 9.62. The van der Waals surface area contributed by atoms with Gasteiger partial charge in [0.05, 0.1) is 18.5 Å². The molecule has 0 saturated heterocycles. The normalized spacial score (nSPS) is 11.9. The molecule has 0 atom stereocenters. The number of hydrogen-bond donors (Lipinski definition) is 0. The van der Waals surface area contributed by atoms with E-state index in [-0.39, 0.29) is 30.2 Å². The van der Waals surface area contributed by atoms with E-state index in [0.717, 1.165) is 10.5 Å². The number of carboxylic acids is 2. The number of Topliss-reactive ketones (excluding diaryl/α,β-unsaturated/α-hetero) is 1. The third-order valence-electron chi connectivity index (χ3n) is 6.17. The summed E-state index contributed by atoms with van der Waals surface area (Å²) in [5, 5.41) is 23.6. The molecule has 0 fully saturated rings. The van der Waals surface area contributed by atoms with Crippen molar-refractivity contribution in [1.29, 1.82) is 0 Å². The maximum absolute atomic E-state index is 13.0. The maximum atomic E-state index is 13.0. The van der Waals surface area contributed by atoms with Crippen LogP contribution in [0.4, 0.5) is 4.79 Å². The molecule has 0 aliphatic rings. The quantitative estimate of drug-likeness (QED) is 0.391. The van der Waals surface area contributed by atoms with Crippen LogP contribution >= 0.6 is 0 Å². The number of ether oxygens (including phenoxy) is 3. The average molecular weight is 542 g/mol. The van der Waals surface area contributed by atoms with Crippen molar-refractivity contribution in [2.45, 2.75) is 53.8 Å². The van der Waals surface area contributed by atoms with Gasteiger partial charge < -0.3 is 38.9 Å². The van der Waals surface area contributed by atoms with E-state index < -0.39 is 46.9 Å². The summed E-state index contributed by atoms with van der Waals surface area (Å²) in [4.78, 5) is 50.0. The van der Waals surface area contributed by atoms with Crippen molar-refractivity contribution in [1.82, 2.24) is 4.90 Å². The number of hydrogen-bond acceptors (Lipinski definition) is 9. The molecule has 2 rings (SSSR count). The molecule has 0 radical (unpaired) electrons. The second-order valence-corrected chi connectivity index (χ2v) is 11.2. The highest BCUT2D eigenvalue weighted by Crippen LogP contribution is 2.48. The zero-order chi connectivity index (χ0) is 29.6. The second-order valence-electron chi connectivity index (χ2n) is 11.2. The number of amides is 1. The predicted molar refractivity (Wildman–Crippen MR) is 138 cm³/mol. The number of likely N-dealkylation sites (N-methyl/N-ethyl adjacent to an activating group) is 1. The number of aliphatic carboxylic acids is 2. The second kappa shape index (κ2) is 12.2. The standard InChI is InChI=1S/C29H37NO9/c1-27(2,3)29(25(34)35,28(4,5)6)39-22-14-13-20(15-23(22)37-18-24(32)33)21(31)16-30(7)26(36)38-17-19-11-9-8-10-12-19/h8-15H,16-18H2,1-7H3,(H,32,33)(H,34,35)/p-2. The molecule has 2 aromatic carbocycles. The monoisotopic (exact) mass is 541 g/mol. The molecule has 10 heteroatoms. The van der Waals surface area contributed by atoms with Crippen LogP contribution in [0.15, 0.2) is 48.5 Å². The highest BCUT2D eigenvalue weighted by molar-refractivity contribution is 5.99. The Morgan fingerprint density at radius 3 is 1.95 bits per heavy atom. The van der Waals surface area contributed by atoms with Gasteiger partial charge in [-0.1, -0.05) is 71.9 Å². The van der Waals surface area contributed by atoms with Crippen LogP contribution in [-0.4, -0.2) is 54.5 Å². The van der Waals surface area contributed by atoms with Crippen molar-refractivity contribution in [3.05, 3.63) is 59.7 Å². The lowest BCUT2D eigenvalue weighted by Crippen LogP contribution is -2.67. The first-order valence-electron chi connectivity index (χ1n) is 12.3.